The van der Waals surface area contributed by atoms with Crippen LogP contribution in [-0.4, -0.2) is 46.2 Å². The summed E-state index contributed by atoms with van der Waals surface area (Å²) in [4.78, 5) is 27.2. The average molecular weight is 326 g/mol. The molecule has 2 amide bonds. The van der Waals surface area contributed by atoms with Gasteiger partial charge in [0.05, 0.1) is 0 Å². The van der Waals surface area contributed by atoms with E-state index in [1.807, 2.05) is 6.92 Å². The molecule has 1 aromatic rings. The molecule has 1 fully saturated rings. The van der Waals surface area contributed by atoms with Crippen molar-refractivity contribution in [1.29, 1.82) is 0 Å². The largest absolute Gasteiger partial charge is 0.389 e. The average Bonchev–Trinajstić information content (AvgIpc) is 2.45. The van der Waals surface area contributed by atoms with Crippen LogP contribution in [0, 0.1) is 0 Å². The van der Waals surface area contributed by atoms with Gasteiger partial charge in [-0.05, 0) is 18.6 Å². The highest BCUT2D eigenvalue weighted by Crippen LogP contribution is 2.21. The van der Waals surface area contributed by atoms with Crippen molar-refractivity contribution in [2.45, 2.75) is 13.5 Å². The van der Waals surface area contributed by atoms with Gasteiger partial charge in [0, 0.05) is 36.8 Å². The van der Waals surface area contributed by atoms with E-state index in [2.05, 4.69) is 0 Å². The van der Waals surface area contributed by atoms with Crippen LogP contribution in [0.15, 0.2) is 18.2 Å². The number of carbonyl (C=O) groups excluding carboxylic acids is 2. The van der Waals surface area contributed by atoms with Crippen LogP contribution in [0.25, 0.3) is 0 Å². The molecule has 0 saturated carbocycles. The summed E-state index contributed by atoms with van der Waals surface area (Å²) in [6.45, 7) is 3.75. The minimum absolute atomic E-state index is 0.270. The zero-order valence-electron chi connectivity index (χ0n) is 11.6. The fourth-order valence-corrected chi connectivity index (χ4v) is 2.57. The minimum Gasteiger partial charge on any atom is -0.389 e. The molecule has 1 aliphatic rings. The Morgan fingerprint density at radius 2 is 1.90 bits per heavy atom. The molecule has 2 N–H and O–H groups in total. The summed E-state index contributed by atoms with van der Waals surface area (Å²) in [6.07, 6.45) is 0. The van der Waals surface area contributed by atoms with Crippen LogP contribution >= 0.6 is 23.8 Å². The molecule has 1 saturated heterocycles. The van der Waals surface area contributed by atoms with Crippen molar-refractivity contribution >= 4 is 40.6 Å². The lowest BCUT2D eigenvalue weighted by atomic mass is 10.1. The van der Waals surface area contributed by atoms with Crippen LogP contribution in [0.1, 0.15) is 18.1 Å². The summed E-state index contributed by atoms with van der Waals surface area (Å²) < 4.78 is 0. The van der Waals surface area contributed by atoms with Gasteiger partial charge in [-0.25, -0.2) is 0 Å². The predicted molar refractivity (Wildman–Crippen MR) is 85.0 cm³/mol. The summed E-state index contributed by atoms with van der Waals surface area (Å²) in [5, 5.41) is 0.485. The summed E-state index contributed by atoms with van der Waals surface area (Å²) in [5.74, 6) is -0.947. The lowest BCUT2D eigenvalue weighted by Gasteiger charge is -2.33. The van der Waals surface area contributed by atoms with Crippen LogP contribution in [0.2, 0.25) is 5.02 Å². The first-order chi connectivity index (χ1) is 9.93. The molecule has 0 atom stereocenters. The fourth-order valence-electron chi connectivity index (χ4n) is 2.20. The van der Waals surface area contributed by atoms with E-state index in [0.717, 1.165) is 5.56 Å². The van der Waals surface area contributed by atoms with E-state index in [9.17, 15) is 9.59 Å². The van der Waals surface area contributed by atoms with Crippen molar-refractivity contribution in [3.8, 4) is 0 Å². The Kier molecular flexibility index (Phi) is 4.80. The Morgan fingerprint density at radius 3 is 2.48 bits per heavy atom. The van der Waals surface area contributed by atoms with Crippen LogP contribution in [0.3, 0.4) is 0 Å². The number of rotatable bonds is 4. The molecular weight excluding hydrogens is 310 g/mol. The molecule has 1 aromatic carbocycles. The smallest absolute Gasteiger partial charge is 0.312 e. The van der Waals surface area contributed by atoms with Gasteiger partial charge in [-0.2, -0.15) is 0 Å². The SMILES string of the molecule is CCN1CCN(Cc2ccc(C(N)=S)cc2Cl)C(=O)C1=O. The van der Waals surface area contributed by atoms with E-state index in [0.29, 0.717) is 36.8 Å². The van der Waals surface area contributed by atoms with E-state index in [4.69, 9.17) is 29.6 Å². The van der Waals surface area contributed by atoms with E-state index in [1.165, 1.54) is 9.80 Å². The highest BCUT2D eigenvalue weighted by atomic mass is 35.5. The fraction of sp³-hybridized carbons (Fsp3) is 0.357. The third-order valence-electron chi connectivity index (χ3n) is 3.48. The van der Waals surface area contributed by atoms with Crippen molar-refractivity contribution in [2.75, 3.05) is 19.6 Å². The first-order valence-electron chi connectivity index (χ1n) is 6.60. The second kappa shape index (κ2) is 6.41. The second-order valence-corrected chi connectivity index (χ2v) is 5.63. The van der Waals surface area contributed by atoms with Crippen molar-refractivity contribution in [1.82, 2.24) is 9.80 Å². The third kappa shape index (κ3) is 3.33. The van der Waals surface area contributed by atoms with Gasteiger partial charge in [-0.15, -0.1) is 0 Å². The zero-order chi connectivity index (χ0) is 15.6. The number of carbonyl (C=O) groups is 2. The van der Waals surface area contributed by atoms with E-state index in [1.54, 1.807) is 18.2 Å². The quantitative estimate of drug-likeness (QED) is 0.666. The van der Waals surface area contributed by atoms with Gasteiger partial charge in [-0.3, -0.25) is 9.59 Å². The Balaban J connectivity index is 2.14. The molecule has 112 valence electrons. The van der Waals surface area contributed by atoms with Crippen LogP contribution in [-0.2, 0) is 16.1 Å². The summed E-state index contributed by atoms with van der Waals surface area (Å²) in [7, 11) is 0. The molecule has 0 radical (unpaired) electrons. The van der Waals surface area contributed by atoms with Crippen LogP contribution in [0.5, 0.6) is 0 Å². The van der Waals surface area contributed by atoms with Crippen molar-refractivity contribution < 1.29 is 9.59 Å². The highest BCUT2D eigenvalue weighted by molar-refractivity contribution is 7.80. The lowest BCUT2D eigenvalue weighted by Crippen LogP contribution is -2.53. The maximum atomic E-state index is 12.0. The van der Waals surface area contributed by atoms with Crippen LogP contribution < -0.4 is 5.73 Å². The maximum absolute atomic E-state index is 12.0. The molecule has 7 heteroatoms. The first-order valence-corrected chi connectivity index (χ1v) is 7.39. The van der Waals surface area contributed by atoms with Crippen molar-refractivity contribution in [2.24, 2.45) is 5.73 Å². The molecule has 21 heavy (non-hydrogen) atoms. The van der Waals surface area contributed by atoms with Gasteiger partial charge in [0.2, 0.25) is 0 Å². The number of nitrogens with two attached hydrogens (primary N) is 1. The molecule has 5 nitrogen and oxygen atoms in total. The minimum atomic E-state index is -0.488. The van der Waals surface area contributed by atoms with Crippen molar-refractivity contribution in [3.63, 3.8) is 0 Å². The Bertz CT molecular complexity index is 606. The number of nitrogens with zero attached hydrogens (tertiary/aromatic N) is 2. The summed E-state index contributed by atoms with van der Waals surface area (Å²) in [6, 6.07) is 5.22. The normalized spacial score (nSPS) is 15.5. The zero-order valence-corrected chi connectivity index (χ0v) is 13.2. The molecule has 2 rings (SSSR count). The predicted octanol–water partition coefficient (Wildman–Crippen LogP) is 1.16. The maximum Gasteiger partial charge on any atom is 0.312 e. The first kappa shape index (κ1) is 15.7. The number of hydrogen-bond donors (Lipinski definition) is 1. The number of halogens is 1. The molecular formula is C14H16ClN3O2S. The van der Waals surface area contributed by atoms with E-state index < -0.39 is 11.8 Å². The monoisotopic (exact) mass is 325 g/mol. The third-order valence-corrected chi connectivity index (χ3v) is 4.07. The lowest BCUT2D eigenvalue weighted by molar-refractivity contribution is -0.156. The Labute approximate surface area is 133 Å². The molecule has 0 bridgehead atoms. The number of benzene rings is 1. The number of hydrogen-bond acceptors (Lipinski definition) is 3. The molecule has 0 aromatic heterocycles. The summed E-state index contributed by atoms with van der Waals surface area (Å²) in [5.41, 5.74) is 6.99. The van der Waals surface area contributed by atoms with Gasteiger partial charge < -0.3 is 15.5 Å². The van der Waals surface area contributed by atoms with E-state index >= 15 is 0 Å². The van der Waals surface area contributed by atoms with Gasteiger partial charge in [0.1, 0.15) is 4.99 Å². The molecule has 0 unspecified atom stereocenters. The Hall–Kier alpha value is -1.66. The number of piperazine rings is 1. The standard InChI is InChI=1S/C14H16ClN3O2S/c1-2-17-5-6-18(14(20)13(17)19)8-10-4-3-9(12(16)21)7-11(10)15/h3-4,7H,2,5-6,8H2,1H3,(H2,16,21). The molecule has 0 spiro atoms. The number of likely N-dealkylation sites (N-methyl/N-ethyl adjacent to an activating group) is 1. The van der Waals surface area contributed by atoms with Gasteiger partial charge in [0.15, 0.2) is 0 Å². The number of amides is 2. The van der Waals surface area contributed by atoms with Gasteiger partial charge >= 0.3 is 11.8 Å². The van der Waals surface area contributed by atoms with Crippen molar-refractivity contribution in [3.05, 3.63) is 34.3 Å². The second-order valence-electron chi connectivity index (χ2n) is 4.78. The van der Waals surface area contributed by atoms with Gasteiger partial charge in [0.25, 0.3) is 0 Å². The summed E-state index contributed by atoms with van der Waals surface area (Å²) >= 11 is 11.1. The topological polar surface area (TPSA) is 66.6 Å². The molecule has 0 aliphatic carbocycles. The Morgan fingerprint density at radius 1 is 1.29 bits per heavy atom. The molecule has 1 heterocycles. The van der Waals surface area contributed by atoms with E-state index in [-0.39, 0.29) is 4.99 Å². The van der Waals surface area contributed by atoms with Crippen LogP contribution in [0.4, 0.5) is 0 Å². The van der Waals surface area contributed by atoms with Gasteiger partial charge in [-0.1, -0.05) is 36.0 Å². The molecule has 1 aliphatic heterocycles. The highest BCUT2D eigenvalue weighted by Gasteiger charge is 2.31. The number of thiocarbonyl (C=S) groups is 1.